The number of fused-ring (bicyclic) bond motifs is 1. The fourth-order valence-corrected chi connectivity index (χ4v) is 3.88. The monoisotopic (exact) mass is 338 g/mol. The molecule has 0 spiro atoms. The number of rotatable bonds is 3. The molecular weight excluding hydrogens is 316 g/mol. The summed E-state index contributed by atoms with van der Waals surface area (Å²) >= 11 is 0. The molecule has 2 aliphatic rings. The summed E-state index contributed by atoms with van der Waals surface area (Å²) in [5.41, 5.74) is 2.13. The summed E-state index contributed by atoms with van der Waals surface area (Å²) in [4.78, 5) is 12.6. The average Bonchev–Trinajstić information content (AvgIpc) is 3.19. The second-order valence-electron chi connectivity index (χ2n) is 6.78. The molecule has 0 aromatic carbocycles. The molecule has 130 valence electrons. The Kier molecular flexibility index (Phi) is 4.92. The first-order valence-electron chi connectivity index (χ1n) is 8.65. The van der Waals surface area contributed by atoms with Gasteiger partial charge in [-0.25, -0.2) is 0 Å². The van der Waals surface area contributed by atoms with Crippen molar-refractivity contribution in [3.63, 3.8) is 0 Å². The zero-order chi connectivity index (χ0) is 18.0. The Hall–Kier alpha value is -2.57. The highest BCUT2D eigenvalue weighted by atomic mass is 16.5. The first-order chi connectivity index (χ1) is 12.0. The highest BCUT2D eigenvalue weighted by Gasteiger charge is 2.38. The fourth-order valence-electron chi connectivity index (χ4n) is 3.88. The lowest BCUT2D eigenvalue weighted by molar-refractivity contribution is -0.118. The van der Waals surface area contributed by atoms with Crippen LogP contribution in [0, 0.1) is 35.5 Å². The van der Waals surface area contributed by atoms with Crippen molar-refractivity contribution in [1.82, 2.24) is 9.88 Å². The molecule has 1 aromatic rings. The second-order valence-corrected chi connectivity index (χ2v) is 6.78. The Labute approximate surface area is 147 Å². The molecule has 6 heteroatoms. The number of nitrogens with one attached hydrogen (secondary N) is 1. The molecule has 2 heterocycles. The highest BCUT2D eigenvalue weighted by Crippen LogP contribution is 2.34. The molecule has 2 fully saturated rings. The van der Waals surface area contributed by atoms with Crippen LogP contribution in [0.3, 0.4) is 0 Å². The van der Waals surface area contributed by atoms with Crippen LogP contribution in [0.4, 0.5) is 0 Å². The molecule has 0 bridgehead atoms. The molecule has 1 N–H and O–H groups in total. The topological polar surface area (TPSA) is 90.8 Å². The van der Waals surface area contributed by atoms with Crippen molar-refractivity contribution in [2.24, 2.45) is 13.0 Å². The van der Waals surface area contributed by atoms with Crippen LogP contribution in [-0.4, -0.2) is 29.2 Å². The summed E-state index contributed by atoms with van der Waals surface area (Å²) < 4.78 is 7.48. The number of carbonyl (C=O) groups is 1. The maximum absolute atomic E-state index is 12.6. The van der Waals surface area contributed by atoms with E-state index in [1.807, 2.05) is 13.0 Å². The maximum atomic E-state index is 12.6. The lowest BCUT2D eigenvalue weighted by atomic mass is 9.81. The van der Waals surface area contributed by atoms with Gasteiger partial charge < -0.3 is 14.6 Å². The number of amides is 1. The molecule has 1 aliphatic heterocycles. The quantitative estimate of drug-likeness (QED) is 0.675. The van der Waals surface area contributed by atoms with Crippen LogP contribution in [-0.2, 0) is 16.6 Å². The first kappa shape index (κ1) is 17.3. The normalized spacial score (nSPS) is 25.8. The van der Waals surface area contributed by atoms with E-state index in [1.165, 1.54) is 0 Å². The molecule has 3 unspecified atom stereocenters. The average molecular weight is 338 g/mol. The number of nitriles is 2. The van der Waals surface area contributed by atoms with Crippen LogP contribution >= 0.6 is 0 Å². The summed E-state index contributed by atoms with van der Waals surface area (Å²) in [6.07, 6.45) is 5.78. The predicted molar refractivity (Wildman–Crippen MR) is 92.1 cm³/mol. The van der Waals surface area contributed by atoms with Crippen molar-refractivity contribution in [2.45, 2.75) is 44.8 Å². The van der Waals surface area contributed by atoms with E-state index in [1.54, 1.807) is 23.8 Å². The van der Waals surface area contributed by atoms with Crippen LogP contribution < -0.4 is 5.32 Å². The van der Waals surface area contributed by atoms with E-state index in [0.717, 1.165) is 43.5 Å². The Balaban J connectivity index is 1.78. The summed E-state index contributed by atoms with van der Waals surface area (Å²) in [7, 11) is 1.79. The number of hydrogen-bond acceptors (Lipinski definition) is 4. The number of nitrogens with zero attached hydrogens (tertiary/aromatic N) is 3. The number of ether oxygens (including phenoxy) is 1. The number of aromatic nitrogens is 1. The maximum Gasteiger partial charge on any atom is 0.262 e. The summed E-state index contributed by atoms with van der Waals surface area (Å²) in [6, 6.07) is 5.87. The smallest absolute Gasteiger partial charge is 0.262 e. The second kappa shape index (κ2) is 7.13. The zero-order valence-corrected chi connectivity index (χ0v) is 14.6. The number of carbonyl (C=O) groups excluding carboxylic acids is 1. The lowest BCUT2D eigenvalue weighted by Gasteiger charge is -2.33. The van der Waals surface area contributed by atoms with E-state index in [0.29, 0.717) is 11.6 Å². The zero-order valence-electron chi connectivity index (χ0n) is 14.6. The molecule has 1 aliphatic carbocycles. The van der Waals surface area contributed by atoms with Gasteiger partial charge in [-0.15, -0.1) is 0 Å². The van der Waals surface area contributed by atoms with E-state index in [-0.39, 0.29) is 23.6 Å². The van der Waals surface area contributed by atoms with Gasteiger partial charge in [-0.2, -0.15) is 10.5 Å². The molecule has 1 saturated heterocycles. The molecule has 1 amide bonds. The highest BCUT2D eigenvalue weighted by molar-refractivity contribution is 6.02. The van der Waals surface area contributed by atoms with Crippen molar-refractivity contribution in [3.8, 4) is 12.1 Å². The third-order valence-corrected chi connectivity index (χ3v) is 5.45. The molecule has 0 radical (unpaired) electrons. The summed E-state index contributed by atoms with van der Waals surface area (Å²) in [6.45, 7) is 2.62. The SMILES string of the molecule is Cc1c(/C=C(/C#N)C(=O)NC2CCCC3OCCC23)cc(C#N)n1C. The number of hydrogen-bond donors (Lipinski definition) is 1. The van der Waals surface area contributed by atoms with E-state index in [9.17, 15) is 10.1 Å². The minimum atomic E-state index is -0.346. The van der Waals surface area contributed by atoms with Gasteiger partial charge in [-0.05, 0) is 50.3 Å². The molecule has 1 aromatic heterocycles. The van der Waals surface area contributed by atoms with Gasteiger partial charge in [0, 0.05) is 31.3 Å². The molecule has 1 saturated carbocycles. The van der Waals surface area contributed by atoms with Gasteiger partial charge in [-0.3, -0.25) is 4.79 Å². The lowest BCUT2D eigenvalue weighted by Crippen LogP contribution is -2.46. The van der Waals surface area contributed by atoms with Crippen molar-refractivity contribution >= 4 is 12.0 Å². The predicted octanol–water partition coefficient (Wildman–Crippen LogP) is 2.19. The van der Waals surface area contributed by atoms with Crippen LogP contribution in [0.2, 0.25) is 0 Å². The minimum Gasteiger partial charge on any atom is -0.378 e. The fraction of sp³-hybridized carbons (Fsp3) is 0.526. The van der Waals surface area contributed by atoms with Gasteiger partial charge in [0.05, 0.1) is 6.10 Å². The first-order valence-corrected chi connectivity index (χ1v) is 8.65. The van der Waals surface area contributed by atoms with Crippen LogP contribution in [0.5, 0.6) is 0 Å². The van der Waals surface area contributed by atoms with Crippen molar-refractivity contribution in [2.75, 3.05) is 6.61 Å². The Morgan fingerprint density at radius 3 is 2.88 bits per heavy atom. The molecule has 6 nitrogen and oxygen atoms in total. The van der Waals surface area contributed by atoms with E-state index < -0.39 is 0 Å². The van der Waals surface area contributed by atoms with Crippen molar-refractivity contribution in [3.05, 3.63) is 28.6 Å². The van der Waals surface area contributed by atoms with Gasteiger partial charge in [0.1, 0.15) is 23.4 Å². The van der Waals surface area contributed by atoms with Crippen LogP contribution in [0.1, 0.15) is 42.6 Å². The standard InChI is InChI=1S/C19H22N4O2/c1-12-13(9-15(11-21)23(12)2)8-14(10-20)19(24)22-17-4-3-5-18-16(17)6-7-25-18/h8-9,16-18H,3-7H2,1-2H3,(H,22,24)/b14-8-. The van der Waals surface area contributed by atoms with E-state index in [4.69, 9.17) is 10.00 Å². The molecular formula is C19H22N4O2. The molecule has 25 heavy (non-hydrogen) atoms. The summed E-state index contributed by atoms with van der Waals surface area (Å²) in [5.74, 6) is 0.00288. The molecule has 3 rings (SSSR count). The van der Waals surface area contributed by atoms with Gasteiger partial charge >= 0.3 is 0 Å². The van der Waals surface area contributed by atoms with Gasteiger partial charge in [0.2, 0.25) is 0 Å². The van der Waals surface area contributed by atoms with Crippen LogP contribution in [0.25, 0.3) is 6.08 Å². The Bertz CT molecular complexity index is 794. The Morgan fingerprint density at radius 1 is 1.40 bits per heavy atom. The van der Waals surface area contributed by atoms with E-state index >= 15 is 0 Å². The minimum absolute atomic E-state index is 0.0667. The van der Waals surface area contributed by atoms with Gasteiger partial charge in [0.15, 0.2) is 0 Å². The third-order valence-electron chi connectivity index (χ3n) is 5.45. The summed E-state index contributed by atoms with van der Waals surface area (Å²) in [5, 5.41) is 21.6. The third kappa shape index (κ3) is 3.31. The molecule has 3 atom stereocenters. The van der Waals surface area contributed by atoms with E-state index in [2.05, 4.69) is 11.4 Å². The van der Waals surface area contributed by atoms with Crippen molar-refractivity contribution in [1.29, 1.82) is 10.5 Å². The van der Waals surface area contributed by atoms with Crippen molar-refractivity contribution < 1.29 is 9.53 Å². The van der Waals surface area contributed by atoms with Crippen LogP contribution in [0.15, 0.2) is 11.6 Å². The largest absolute Gasteiger partial charge is 0.378 e. The van der Waals surface area contributed by atoms with Gasteiger partial charge in [0.25, 0.3) is 5.91 Å². The Morgan fingerprint density at radius 2 is 2.20 bits per heavy atom. The van der Waals surface area contributed by atoms with Gasteiger partial charge in [-0.1, -0.05) is 0 Å².